The van der Waals surface area contributed by atoms with Gasteiger partial charge in [-0.25, -0.2) is 4.39 Å². The van der Waals surface area contributed by atoms with Crippen LogP contribution in [0.15, 0.2) is 54.6 Å². The maximum absolute atomic E-state index is 14.3. The van der Waals surface area contributed by atoms with Crippen molar-refractivity contribution < 1.29 is 13.9 Å². The first-order chi connectivity index (χ1) is 13.6. The van der Waals surface area contributed by atoms with Gasteiger partial charge in [0.2, 0.25) is 0 Å². The summed E-state index contributed by atoms with van der Waals surface area (Å²) < 4.78 is 19.8. The Morgan fingerprint density at radius 3 is 2.57 bits per heavy atom. The van der Waals surface area contributed by atoms with Crippen LogP contribution in [-0.4, -0.2) is 36.9 Å². The van der Waals surface area contributed by atoms with Crippen molar-refractivity contribution in [1.29, 1.82) is 5.26 Å². The Hall–Kier alpha value is -2.97. The fourth-order valence-corrected chi connectivity index (χ4v) is 2.90. The number of ether oxygens (including phenoxy) is 1. The first-order valence-electron chi connectivity index (χ1n) is 9.36. The zero-order valence-corrected chi connectivity index (χ0v) is 15.9. The smallest absolute Gasteiger partial charge is 0.193 e. The highest BCUT2D eigenvalue weighted by molar-refractivity contribution is 6.09. The molecule has 1 saturated carbocycles. The van der Waals surface area contributed by atoms with E-state index in [0.29, 0.717) is 18.0 Å². The Morgan fingerprint density at radius 1 is 1.21 bits per heavy atom. The monoisotopic (exact) mass is 378 g/mol. The Kier molecular flexibility index (Phi) is 6.57. The minimum absolute atomic E-state index is 0.126. The van der Waals surface area contributed by atoms with E-state index in [1.165, 1.54) is 25.0 Å². The lowest BCUT2D eigenvalue weighted by Gasteiger charge is -2.12. The summed E-state index contributed by atoms with van der Waals surface area (Å²) in [5.41, 5.74) is 1.56. The molecule has 2 aromatic rings. The van der Waals surface area contributed by atoms with Gasteiger partial charge in [-0.05, 0) is 43.7 Å². The number of hydrogen-bond acceptors (Lipinski definition) is 4. The summed E-state index contributed by atoms with van der Waals surface area (Å²) in [4.78, 5) is 14.8. The first-order valence-corrected chi connectivity index (χ1v) is 9.36. The second-order valence-electron chi connectivity index (χ2n) is 6.96. The van der Waals surface area contributed by atoms with Gasteiger partial charge >= 0.3 is 0 Å². The maximum Gasteiger partial charge on any atom is 0.193 e. The van der Waals surface area contributed by atoms with E-state index in [1.807, 2.05) is 12.2 Å². The standard InChI is InChI=1S/C23H23FN2O2/c1-26(20-9-10-20)14-2-3-15-28-22-11-8-19(16-21(22)24)23(27)18-6-4-17(5-7-18)12-13-25/h2-8,11,16,20H,9-10,12,14-15H2,1H3/b3-2+. The summed E-state index contributed by atoms with van der Waals surface area (Å²) in [5.74, 6) is -0.700. The minimum atomic E-state index is -0.560. The minimum Gasteiger partial charge on any atom is -0.486 e. The molecule has 28 heavy (non-hydrogen) atoms. The molecule has 0 heterocycles. The van der Waals surface area contributed by atoms with Crippen molar-refractivity contribution in [2.24, 2.45) is 0 Å². The number of carbonyl (C=O) groups excluding carboxylic acids is 1. The number of nitrogens with zero attached hydrogens (tertiary/aromatic N) is 2. The third kappa shape index (κ3) is 5.28. The van der Waals surface area contributed by atoms with Crippen LogP contribution in [0.2, 0.25) is 0 Å². The number of nitriles is 1. The van der Waals surface area contributed by atoms with E-state index < -0.39 is 5.82 Å². The van der Waals surface area contributed by atoms with Gasteiger partial charge in [0.15, 0.2) is 17.3 Å². The van der Waals surface area contributed by atoms with Crippen LogP contribution in [0.25, 0.3) is 0 Å². The van der Waals surface area contributed by atoms with E-state index in [2.05, 4.69) is 18.0 Å². The molecule has 1 aliphatic rings. The quantitative estimate of drug-likeness (QED) is 0.486. The van der Waals surface area contributed by atoms with E-state index in [1.54, 1.807) is 30.3 Å². The van der Waals surface area contributed by atoms with Crippen molar-refractivity contribution in [3.05, 3.63) is 77.1 Å². The third-order valence-electron chi connectivity index (χ3n) is 4.76. The number of likely N-dealkylation sites (N-methyl/N-ethyl adjacent to an activating group) is 1. The fraction of sp³-hybridized carbons (Fsp3) is 0.304. The van der Waals surface area contributed by atoms with Crippen LogP contribution in [0.4, 0.5) is 4.39 Å². The molecule has 0 N–H and O–H groups in total. The van der Waals surface area contributed by atoms with Gasteiger partial charge in [0, 0.05) is 23.7 Å². The predicted molar refractivity (Wildman–Crippen MR) is 106 cm³/mol. The topological polar surface area (TPSA) is 53.3 Å². The Bertz CT molecular complexity index is 896. The van der Waals surface area contributed by atoms with Crippen molar-refractivity contribution in [3.63, 3.8) is 0 Å². The lowest BCUT2D eigenvalue weighted by molar-refractivity contribution is 0.103. The Morgan fingerprint density at radius 2 is 1.93 bits per heavy atom. The molecular formula is C23H23FN2O2. The summed E-state index contributed by atoms with van der Waals surface area (Å²) in [6.45, 7) is 1.14. The second-order valence-corrected chi connectivity index (χ2v) is 6.96. The molecule has 0 amide bonds. The highest BCUT2D eigenvalue weighted by Gasteiger charge is 2.24. The highest BCUT2D eigenvalue weighted by Crippen LogP contribution is 2.25. The average molecular weight is 378 g/mol. The number of ketones is 1. The Balaban J connectivity index is 1.56. The van der Waals surface area contributed by atoms with Crippen molar-refractivity contribution in [2.75, 3.05) is 20.2 Å². The van der Waals surface area contributed by atoms with E-state index in [0.717, 1.165) is 12.1 Å². The zero-order chi connectivity index (χ0) is 19.9. The third-order valence-corrected chi connectivity index (χ3v) is 4.76. The van der Waals surface area contributed by atoms with Crippen LogP contribution in [0, 0.1) is 17.1 Å². The number of halogens is 1. The van der Waals surface area contributed by atoms with Gasteiger partial charge in [0.05, 0.1) is 12.5 Å². The molecule has 0 spiro atoms. The molecule has 0 saturated heterocycles. The summed E-state index contributed by atoms with van der Waals surface area (Å²) >= 11 is 0. The fourth-order valence-electron chi connectivity index (χ4n) is 2.90. The zero-order valence-electron chi connectivity index (χ0n) is 15.9. The average Bonchev–Trinajstić information content (AvgIpc) is 3.54. The van der Waals surface area contributed by atoms with Gasteiger partial charge in [0.25, 0.3) is 0 Å². The summed E-state index contributed by atoms with van der Waals surface area (Å²) in [6.07, 6.45) is 6.72. The lowest BCUT2D eigenvalue weighted by atomic mass is 10.0. The summed E-state index contributed by atoms with van der Waals surface area (Å²) in [6, 6.07) is 13.8. The van der Waals surface area contributed by atoms with Gasteiger partial charge in [-0.1, -0.05) is 36.4 Å². The largest absolute Gasteiger partial charge is 0.486 e. The maximum atomic E-state index is 14.3. The molecule has 0 atom stereocenters. The predicted octanol–water partition coefficient (Wildman–Crippen LogP) is 4.15. The highest BCUT2D eigenvalue weighted by atomic mass is 19.1. The SMILES string of the molecule is CN(C/C=C/COc1ccc(C(=O)c2ccc(CC#N)cc2)cc1F)C1CC1. The molecule has 144 valence electrons. The van der Waals surface area contributed by atoms with Gasteiger partial charge < -0.3 is 4.74 Å². The van der Waals surface area contributed by atoms with Crippen molar-refractivity contribution in [1.82, 2.24) is 4.90 Å². The normalized spacial score (nSPS) is 13.6. The lowest BCUT2D eigenvalue weighted by Crippen LogP contribution is -2.20. The van der Waals surface area contributed by atoms with Crippen molar-refractivity contribution in [3.8, 4) is 11.8 Å². The van der Waals surface area contributed by atoms with E-state index in [9.17, 15) is 9.18 Å². The van der Waals surface area contributed by atoms with Crippen LogP contribution in [0.1, 0.15) is 34.3 Å². The van der Waals surface area contributed by atoms with E-state index in [4.69, 9.17) is 10.00 Å². The summed E-state index contributed by atoms with van der Waals surface area (Å²) in [7, 11) is 2.09. The molecule has 4 nitrogen and oxygen atoms in total. The molecule has 0 unspecified atom stereocenters. The molecule has 0 aromatic heterocycles. The number of carbonyl (C=O) groups is 1. The number of rotatable bonds is 9. The summed E-state index contributed by atoms with van der Waals surface area (Å²) in [5, 5.41) is 8.70. The van der Waals surface area contributed by atoms with E-state index >= 15 is 0 Å². The van der Waals surface area contributed by atoms with Gasteiger partial charge in [-0.3, -0.25) is 9.69 Å². The molecule has 3 rings (SSSR count). The van der Waals surface area contributed by atoms with Crippen LogP contribution >= 0.6 is 0 Å². The molecular weight excluding hydrogens is 355 g/mol. The molecule has 0 radical (unpaired) electrons. The molecule has 2 aromatic carbocycles. The van der Waals surface area contributed by atoms with Crippen molar-refractivity contribution >= 4 is 5.78 Å². The molecule has 0 bridgehead atoms. The molecule has 1 fully saturated rings. The number of benzene rings is 2. The van der Waals surface area contributed by atoms with Gasteiger partial charge in [-0.2, -0.15) is 5.26 Å². The first kappa shape index (κ1) is 19.8. The molecule has 5 heteroatoms. The van der Waals surface area contributed by atoms with E-state index in [-0.39, 0.29) is 23.7 Å². The van der Waals surface area contributed by atoms with Crippen LogP contribution in [-0.2, 0) is 6.42 Å². The van der Waals surface area contributed by atoms with Crippen molar-refractivity contribution in [2.45, 2.75) is 25.3 Å². The molecule has 0 aliphatic heterocycles. The number of hydrogen-bond donors (Lipinski definition) is 0. The van der Waals surface area contributed by atoms with Gasteiger partial charge in [-0.15, -0.1) is 0 Å². The van der Waals surface area contributed by atoms with Crippen LogP contribution < -0.4 is 4.74 Å². The van der Waals surface area contributed by atoms with Crippen LogP contribution in [0.3, 0.4) is 0 Å². The Labute approximate surface area is 164 Å². The van der Waals surface area contributed by atoms with Gasteiger partial charge in [0.1, 0.15) is 6.61 Å². The van der Waals surface area contributed by atoms with Crippen LogP contribution in [0.5, 0.6) is 5.75 Å². The second kappa shape index (κ2) is 9.29. The molecule has 1 aliphatic carbocycles.